The van der Waals surface area contributed by atoms with Gasteiger partial charge < -0.3 is 13.9 Å². The van der Waals surface area contributed by atoms with Crippen molar-refractivity contribution in [3.8, 4) is 27.9 Å². The van der Waals surface area contributed by atoms with Crippen molar-refractivity contribution >= 4 is 71.6 Å². The molecule has 3 nitrogen and oxygen atoms in total. The van der Waals surface area contributed by atoms with Crippen LogP contribution in [0.25, 0.3) is 82.5 Å². The highest BCUT2D eigenvalue weighted by Gasteiger charge is 2.45. The molecule has 0 aliphatic heterocycles. The van der Waals surface area contributed by atoms with Gasteiger partial charge in [0.15, 0.2) is 0 Å². The minimum absolute atomic E-state index is 0.483. The molecule has 0 saturated carbocycles. The van der Waals surface area contributed by atoms with E-state index in [2.05, 4.69) is 264 Å². The van der Waals surface area contributed by atoms with Crippen LogP contribution in [-0.4, -0.2) is 4.57 Å². The molecule has 0 amide bonds. The molecule has 1 aliphatic rings. The van der Waals surface area contributed by atoms with E-state index >= 15 is 0 Å². The predicted octanol–water partition coefficient (Wildman–Crippen LogP) is 17.3. The van der Waals surface area contributed by atoms with E-state index in [1.165, 1.54) is 55.1 Å². The number of hydrogen-bond donors (Lipinski definition) is 0. The first-order chi connectivity index (χ1) is 33.8. The lowest BCUT2D eigenvalue weighted by atomic mass is 9.68. The highest BCUT2D eigenvalue weighted by molar-refractivity contribution is 6.27. The van der Waals surface area contributed by atoms with Crippen molar-refractivity contribution < 1.29 is 4.42 Å². The number of hydrogen-bond acceptors (Lipinski definition) is 2. The highest BCUT2D eigenvalue weighted by Crippen LogP contribution is 2.56. The van der Waals surface area contributed by atoms with Crippen LogP contribution in [0.3, 0.4) is 0 Å². The van der Waals surface area contributed by atoms with Gasteiger partial charge in [-0.2, -0.15) is 0 Å². The summed E-state index contributed by atoms with van der Waals surface area (Å²) < 4.78 is 9.23. The maximum Gasteiger partial charge on any atom is 0.138 e. The Hall–Kier alpha value is -8.92. The van der Waals surface area contributed by atoms with Crippen LogP contribution in [0, 0.1) is 0 Å². The van der Waals surface area contributed by atoms with Gasteiger partial charge in [0.25, 0.3) is 0 Å². The Kier molecular flexibility index (Phi) is 8.50. The van der Waals surface area contributed by atoms with Gasteiger partial charge in [-0.25, -0.2) is 0 Å². The molecular formula is C65H42N2O. The second kappa shape index (κ2) is 15.1. The minimum atomic E-state index is -0.483. The van der Waals surface area contributed by atoms with Crippen molar-refractivity contribution in [1.29, 1.82) is 0 Å². The molecule has 0 bridgehead atoms. The summed E-state index contributed by atoms with van der Waals surface area (Å²) in [5.74, 6) is 0. The molecule has 0 radical (unpaired) electrons. The summed E-state index contributed by atoms with van der Waals surface area (Å²) in [4.78, 5) is 2.41. The van der Waals surface area contributed by atoms with Crippen molar-refractivity contribution in [3.05, 3.63) is 277 Å². The van der Waals surface area contributed by atoms with E-state index < -0.39 is 5.41 Å². The maximum absolute atomic E-state index is 6.77. The molecule has 1 aliphatic carbocycles. The molecule has 14 rings (SSSR count). The Morgan fingerprint density at radius 1 is 0.368 bits per heavy atom. The highest BCUT2D eigenvalue weighted by atomic mass is 16.3. The van der Waals surface area contributed by atoms with E-state index in [9.17, 15) is 0 Å². The summed E-state index contributed by atoms with van der Waals surface area (Å²) in [5, 5.41) is 6.97. The average Bonchev–Trinajstić information content (AvgIpc) is 4.05. The van der Waals surface area contributed by atoms with E-state index in [4.69, 9.17) is 4.42 Å². The molecule has 0 spiro atoms. The molecule has 0 fully saturated rings. The van der Waals surface area contributed by atoms with Crippen LogP contribution in [-0.2, 0) is 5.41 Å². The fourth-order valence-corrected chi connectivity index (χ4v) is 11.7. The van der Waals surface area contributed by atoms with Crippen molar-refractivity contribution in [2.75, 3.05) is 4.90 Å². The normalized spacial score (nSPS) is 12.8. The summed E-state index contributed by atoms with van der Waals surface area (Å²) >= 11 is 0. The number of rotatable bonds is 7. The van der Waals surface area contributed by atoms with Gasteiger partial charge in [0.05, 0.1) is 22.1 Å². The van der Waals surface area contributed by atoms with Gasteiger partial charge in [0.1, 0.15) is 11.2 Å². The first kappa shape index (κ1) is 38.4. The zero-order valence-electron chi connectivity index (χ0n) is 37.1. The van der Waals surface area contributed by atoms with Crippen LogP contribution < -0.4 is 4.90 Å². The van der Waals surface area contributed by atoms with E-state index in [1.54, 1.807) is 0 Å². The van der Waals surface area contributed by atoms with Gasteiger partial charge in [-0.05, 0) is 98.9 Å². The first-order valence-corrected chi connectivity index (χ1v) is 23.4. The fraction of sp³-hybridized carbons (Fsp3) is 0.0154. The van der Waals surface area contributed by atoms with Crippen LogP contribution >= 0.6 is 0 Å². The molecule has 3 heteroatoms. The molecule has 0 N–H and O–H groups in total. The molecule has 2 heterocycles. The number of anilines is 3. The van der Waals surface area contributed by atoms with Crippen LogP contribution in [0.1, 0.15) is 22.3 Å². The lowest BCUT2D eigenvalue weighted by molar-refractivity contribution is 0.669. The smallest absolute Gasteiger partial charge is 0.138 e. The third-order valence-corrected chi connectivity index (χ3v) is 14.4. The number of furan rings is 1. The fourth-order valence-electron chi connectivity index (χ4n) is 11.7. The molecule has 11 aromatic carbocycles. The number of para-hydroxylation sites is 2. The Labute approximate surface area is 394 Å². The van der Waals surface area contributed by atoms with Gasteiger partial charge in [-0.1, -0.05) is 194 Å². The third kappa shape index (κ3) is 5.54. The van der Waals surface area contributed by atoms with Crippen LogP contribution in [0.5, 0.6) is 0 Å². The summed E-state index contributed by atoms with van der Waals surface area (Å²) in [6, 6.07) is 93.0. The number of aromatic nitrogens is 1. The minimum Gasteiger partial charge on any atom is -0.456 e. The van der Waals surface area contributed by atoms with Crippen molar-refractivity contribution in [3.63, 3.8) is 0 Å². The summed E-state index contributed by atoms with van der Waals surface area (Å²) in [7, 11) is 0. The molecule has 13 aromatic rings. The van der Waals surface area contributed by atoms with Gasteiger partial charge in [0, 0.05) is 55.6 Å². The van der Waals surface area contributed by atoms with Crippen molar-refractivity contribution in [2.45, 2.75) is 5.41 Å². The van der Waals surface area contributed by atoms with E-state index in [0.29, 0.717) is 0 Å². The van der Waals surface area contributed by atoms with E-state index in [1.807, 2.05) is 0 Å². The van der Waals surface area contributed by atoms with Crippen LogP contribution in [0.4, 0.5) is 17.1 Å². The summed E-state index contributed by atoms with van der Waals surface area (Å²) in [5.41, 5.74) is 17.8. The summed E-state index contributed by atoms with van der Waals surface area (Å²) in [6.45, 7) is 0. The number of benzene rings is 11. The molecule has 0 atom stereocenters. The van der Waals surface area contributed by atoms with Gasteiger partial charge in [-0.15, -0.1) is 0 Å². The zero-order valence-corrected chi connectivity index (χ0v) is 37.1. The molecule has 68 heavy (non-hydrogen) atoms. The molecular weight excluding hydrogens is 825 g/mol. The van der Waals surface area contributed by atoms with Gasteiger partial charge >= 0.3 is 0 Å². The van der Waals surface area contributed by atoms with Gasteiger partial charge in [0.2, 0.25) is 0 Å². The van der Waals surface area contributed by atoms with E-state index in [0.717, 1.165) is 66.7 Å². The van der Waals surface area contributed by atoms with E-state index in [-0.39, 0.29) is 0 Å². The zero-order chi connectivity index (χ0) is 44.8. The average molecular weight is 867 g/mol. The van der Waals surface area contributed by atoms with Gasteiger partial charge in [-0.3, -0.25) is 0 Å². The van der Waals surface area contributed by atoms with Crippen LogP contribution in [0.2, 0.25) is 0 Å². The van der Waals surface area contributed by atoms with Crippen molar-refractivity contribution in [2.24, 2.45) is 0 Å². The largest absolute Gasteiger partial charge is 0.456 e. The Bertz CT molecular complexity index is 4020. The lowest BCUT2D eigenvalue weighted by Crippen LogP contribution is -2.28. The third-order valence-electron chi connectivity index (χ3n) is 14.4. The molecule has 2 aromatic heterocycles. The Morgan fingerprint density at radius 2 is 0.941 bits per heavy atom. The lowest BCUT2D eigenvalue weighted by Gasteiger charge is -2.34. The molecule has 318 valence electrons. The number of nitrogens with zero attached hydrogens (tertiary/aromatic N) is 2. The van der Waals surface area contributed by atoms with Crippen LogP contribution in [0.15, 0.2) is 259 Å². The monoisotopic (exact) mass is 866 g/mol. The topological polar surface area (TPSA) is 21.3 Å². The SMILES string of the molecule is c1ccc(-c2c3c(cc4c2c2cc(N(c5ccccc5)c5ccc(C6(c7ccccc7)c7ccccc7-c7ccccc76)cc5)ccc2n4-c2cccc4ccccc24)oc2ccccc23)cc1. The molecule has 0 unspecified atom stereocenters. The first-order valence-electron chi connectivity index (χ1n) is 23.4. The Morgan fingerprint density at radius 3 is 1.69 bits per heavy atom. The second-order valence-electron chi connectivity index (χ2n) is 17.9. The molecule has 0 saturated heterocycles. The Balaban J connectivity index is 1.04. The summed E-state index contributed by atoms with van der Waals surface area (Å²) in [6.07, 6.45) is 0. The standard InChI is InChI=1S/C65H42N2O/c1-4-20-44(21-5-1)62-63-54-41-49(39-40-58(54)67(57-33-18-22-43-19-10-11-27-50(43)57)59(63)42-61-64(62)53-30-14-17-34-60(53)68-61)66(47-25-8-3-9-26-47)48-37-35-46(36-38-48)65(45-23-6-2-7-24-45)55-31-15-12-28-51(55)52-29-13-16-32-56(52)65/h1-42H. The van der Waals surface area contributed by atoms with Crippen molar-refractivity contribution in [1.82, 2.24) is 4.57 Å². The predicted molar refractivity (Wildman–Crippen MR) is 283 cm³/mol. The quantitative estimate of drug-likeness (QED) is 0.159. The second-order valence-corrected chi connectivity index (χ2v) is 17.9. The maximum atomic E-state index is 6.77. The number of fused-ring (bicyclic) bond motifs is 10.